The maximum atomic E-state index is 13.7. The average Bonchev–Trinajstić information content (AvgIpc) is 2.86. The summed E-state index contributed by atoms with van der Waals surface area (Å²) in [5.74, 6) is -0.859. The molecule has 0 saturated carbocycles. The molecule has 1 atom stereocenters. The van der Waals surface area contributed by atoms with Crippen molar-refractivity contribution >= 4 is 39.1 Å². The van der Waals surface area contributed by atoms with Gasteiger partial charge in [0.25, 0.3) is 10.0 Å². The van der Waals surface area contributed by atoms with Gasteiger partial charge in [-0.1, -0.05) is 60.1 Å². The number of anilines is 1. The van der Waals surface area contributed by atoms with Crippen molar-refractivity contribution in [3.05, 3.63) is 95.5 Å². The summed E-state index contributed by atoms with van der Waals surface area (Å²) in [4.78, 5) is 28.0. The molecule has 0 aliphatic heterocycles. The van der Waals surface area contributed by atoms with Gasteiger partial charge in [-0.25, -0.2) is 8.42 Å². The van der Waals surface area contributed by atoms with Crippen LogP contribution >= 0.6 is 11.6 Å². The molecule has 0 unspecified atom stereocenters. The Hall–Kier alpha value is -3.36. The summed E-state index contributed by atoms with van der Waals surface area (Å²) in [5, 5.41) is 3.32. The van der Waals surface area contributed by atoms with Crippen LogP contribution in [0.25, 0.3) is 0 Å². The highest BCUT2D eigenvalue weighted by molar-refractivity contribution is 7.92. The van der Waals surface area contributed by atoms with Gasteiger partial charge >= 0.3 is 0 Å². The number of nitrogens with zero attached hydrogens (tertiary/aromatic N) is 2. The molecule has 1 N–H and O–H groups in total. The number of sulfonamides is 1. The molecule has 0 fully saturated rings. The van der Waals surface area contributed by atoms with E-state index >= 15 is 0 Å². The lowest BCUT2D eigenvalue weighted by molar-refractivity contribution is -0.139. The van der Waals surface area contributed by atoms with E-state index in [2.05, 4.69) is 5.32 Å². The Morgan fingerprint density at radius 3 is 2.08 bits per heavy atom. The minimum absolute atomic E-state index is 0.0636. The van der Waals surface area contributed by atoms with Gasteiger partial charge in [0, 0.05) is 17.6 Å². The van der Waals surface area contributed by atoms with Gasteiger partial charge in [-0.3, -0.25) is 13.9 Å². The van der Waals surface area contributed by atoms with Gasteiger partial charge in [0.15, 0.2) is 0 Å². The Morgan fingerprint density at radius 1 is 0.889 bits per heavy atom. The molecule has 0 saturated heterocycles. The molecule has 36 heavy (non-hydrogen) atoms. The van der Waals surface area contributed by atoms with Crippen molar-refractivity contribution in [2.45, 2.75) is 44.3 Å². The molecule has 9 heteroatoms. The van der Waals surface area contributed by atoms with E-state index in [1.165, 1.54) is 17.0 Å². The van der Waals surface area contributed by atoms with Crippen molar-refractivity contribution in [3.8, 4) is 0 Å². The molecule has 7 nitrogen and oxygen atoms in total. The number of benzene rings is 3. The standard InChI is InChI=1S/C27H30ClN3O4S/c1-20(2)29-27(33)21(3)30(18-22-11-10-12-23(28)17-22)26(32)19-31(24-13-6-4-7-14-24)36(34,35)25-15-8-5-9-16-25/h4-17,20-21H,18-19H2,1-3H3,(H,29,33)/t21-/m0/s1. The predicted molar refractivity (Wildman–Crippen MR) is 142 cm³/mol. The van der Waals surface area contributed by atoms with E-state index in [1.54, 1.807) is 79.7 Å². The molecule has 0 bridgehead atoms. The van der Waals surface area contributed by atoms with E-state index in [0.717, 1.165) is 9.87 Å². The number of rotatable bonds is 10. The maximum Gasteiger partial charge on any atom is 0.264 e. The van der Waals surface area contributed by atoms with Crippen LogP contribution in [0.5, 0.6) is 0 Å². The number of carbonyl (C=O) groups excluding carboxylic acids is 2. The largest absolute Gasteiger partial charge is 0.352 e. The zero-order chi connectivity index (χ0) is 26.3. The first-order chi connectivity index (χ1) is 17.1. The number of amides is 2. The second kappa shape index (κ2) is 12.1. The van der Waals surface area contributed by atoms with Crippen LogP contribution < -0.4 is 9.62 Å². The molecule has 2 amide bonds. The van der Waals surface area contributed by atoms with Crippen molar-refractivity contribution in [2.24, 2.45) is 0 Å². The zero-order valence-corrected chi connectivity index (χ0v) is 22.0. The summed E-state index contributed by atoms with van der Waals surface area (Å²) >= 11 is 6.14. The third-order valence-corrected chi connectivity index (χ3v) is 7.52. The lowest BCUT2D eigenvalue weighted by Gasteiger charge is -2.32. The van der Waals surface area contributed by atoms with Crippen LogP contribution in [0.15, 0.2) is 89.8 Å². The van der Waals surface area contributed by atoms with Crippen LogP contribution in [0, 0.1) is 0 Å². The predicted octanol–water partition coefficient (Wildman–Crippen LogP) is 4.48. The van der Waals surface area contributed by atoms with Gasteiger partial charge in [0.1, 0.15) is 12.6 Å². The molecule has 0 heterocycles. The normalized spacial score (nSPS) is 12.1. The highest BCUT2D eigenvalue weighted by atomic mass is 35.5. The van der Waals surface area contributed by atoms with Gasteiger partial charge < -0.3 is 10.2 Å². The number of halogens is 1. The third-order valence-electron chi connectivity index (χ3n) is 5.49. The first-order valence-corrected chi connectivity index (χ1v) is 13.4. The second-order valence-electron chi connectivity index (χ2n) is 8.65. The highest BCUT2D eigenvalue weighted by Gasteiger charge is 2.32. The van der Waals surface area contributed by atoms with Crippen LogP contribution in [0.3, 0.4) is 0 Å². The fourth-order valence-corrected chi connectivity index (χ4v) is 5.31. The molecule has 0 spiro atoms. The van der Waals surface area contributed by atoms with Crippen molar-refractivity contribution in [1.82, 2.24) is 10.2 Å². The van der Waals surface area contributed by atoms with Crippen molar-refractivity contribution in [2.75, 3.05) is 10.8 Å². The highest BCUT2D eigenvalue weighted by Crippen LogP contribution is 2.24. The molecule has 0 aromatic heterocycles. The smallest absolute Gasteiger partial charge is 0.264 e. The molecule has 0 aliphatic rings. The fourth-order valence-electron chi connectivity index (χ4n) is 3.66. The average molecular weight is 528 g/mol. The van der Waals surface area contributed by atoms with E-state index < -0.39 is 28.5 Å². The van der Waals surface area contributed by atoms with Gasteiger partial charge in [0.2, 0.25) is 11.8 Å². The third kappa shape index (κ3) is 6.86. The summed E-state index contributed by atoms with van der Waals surface area (Å²) in [6.07, 6.45) is 0. The first kappa shape index (κ1) is 27.2. The van der Waals surface area contributed by atoms with Gasteiger partial charge in [-0.05, 0) is 62.7 Å². The Balaban J connectivity index is 1.99. The Morgan fingerprint density at radius 2 is 1.50 bits per heavy atom. The lowest BCUT2D eigenvalue weighted by atomic mass is 10.1. The van der Waals surface area contributed by atoms with E-state index in [4.69, 9.17) is 11.6 Å². The zero-order valence-electron chi connectivity index (χ0n) is 20.5. The number of hydrogen-bond acceptors (Lipinski definition) is 4. The van der Waals surface area contributed by atoms with E-state index in [-0.39, 0.29) is 23.4 Å². The summed E-state index contributed by atoms with van der Waals surface area (Å²) in [5.41, 5.74) is 1.06. The molecule has 190 valence electrons. The Labute approximate surface area is 217 Å². The lowest BCUT2D eigenvalue weighted by Crippen LogP contribution is -2.52. The molecule has 3 aromatic carbocycles. The summed E-state index contributed by atoms with van der Waals surface area (Å²) in [7, 11) is -4.06. The quantitative estimate of drug-likeness (QED) is 0.421. The molecule has 3 rings (SSSR count). The van der Waals surface area contributed by atoms with Gasteiger partial charge in [-0.2, -0.15) is 0 Å². The van der Waals surface area contributed by atoms with E-state index in [9.17, 15) is 18.0 Å². The van der Waals surface area contributed by atoms with Crippen molar-refractivity contribution in [1.29, 1.82) is 0 Å². The summed E-state index contributed by atoms with van der Waals surface area (Å²) in [6, 6.07) is 22.4. The topological polar surface area (TPSA) is 86.8 Å². The van der Waals surface area contributed by atoms with Crippen LogP contribution in [0.1, 0.15) is 26.3 Å². The summed E-state index contributed by atoms with van der Waals surface area (Å²) in [6.45, 7) is 4.88. The molecular formula is C27H30ClN3O4S. The number of nitrogens with one attached hydrogen (secondary N) is 1. The number of para-hydroxylation sites is 1. The molecule has 0 aliphatic carbocycles. The molecular weight excluding hydrogens is 498 g/mol. The molecule has 0 radical (unpaired) electrons. The SMILES string of the molecule is CC(C)NC(=O)[C@H](C)N(Cc1cccc(Cl)c1)C(=O)CN(c1ccccc1)S(=O)(=O)c1ccccc1. The number of carbonyl (C=O) groups is 2. The summed E-state index contributed by atoms with van der Waals surface area (Å²) < 4.78 is 28.3. The first-order valence-electron chi connectivity index (χ1n) is 11.6. The van der Waals surface area contributed by atoms with Crippen molar-refractivity contribution < 1.29 is 18.0 Å². The van der Waals surface area contributed by atoms with E-state index in [1.807, 2.05) is 13.8 Å². The Bertz CT molecular complexity index is 1280. The molecule has 3 aromatic rings. The number of hydrogen-bond donors (Lipinski definition) is 1. The Kier molecular flexibility index (Phi) is 9.12. The van der Waals surface area contributed by atoms with Gasteiger partial charge in [-0.15, -0.1) is 0 Å². The minimum Gasteiger partial charge on any atom is -0.352 e. The monoisotopic (exact) mass is 527 g/mol. The van der Waals surface area contributed by atoms with Crippen LogP contribution in [0.4, 0.5) is 5.69 Å². The van der Waals surface area contributed by atoms with E-state index in [0.29, 0.717) is 10.7 Å². The van der Waals surface area contributed by atoms with Crippen LogP contribution in [-0.4, -0.2) is 43.8 Å². The second-order valence-corrected chi connectivity index (χ2v) is 10.9. The van der Waals surface area contributed by atoms with Crippen LogP contribution in [-0.2, 0) is 26.2 Å². The maximum absolute atomic E-state index is 13.7. The van der Waals surface area contributed by atoms with Crippen molar-refractivity contribution in [3.63, 3.8) is 0 Å². The van der Waals surface area contributed by atoms with Crippen LogP contribution in [0.2, 0.25) is 5.02 Å². The fraction of sp³-hybridized carbons (Fsp3) is 0.259. The van der Waals surface area contributed by atoms with Gasteiger partial charge in [0.05, 0.1) is 10.6 Å². The minimum atomic E-state index is -4.06.